The first-order valence-corrected chi connectivity index (χ1v) is 6.63. The SMILES string of the molecule is CCCCCn1ccc2ccc(CCN)cc21. The van der Waals surface area contributed by atoms with Crippen LogP contribution in [0.1, 0.15) is 31.7 Å². The first-order chi connectivity index (χ1) is 8.35. The maximum Gasteiger partial charge on any atom is 0.0483 e. The summed E-state index contributed by atoms with van der Waals surface area (Å²) >= 11 is 0. The van der Waals surface area contributed by atoms with Gasteiger partial charge in [-0.1, -0.05) is 31.9 Å². The van der Waals surface area contributed by atoms with Crippen LogP contribution in [0, 0.1) is 0 Å². The second-order valence-corrected chi connectivity index (χ2v) is 4.65. The van der Waals surface area contributed by atoms with E-state index >= 15 is 0 Å². The maximum absolute atomic E-state index is 5.61. The van der Waals surface area contributed by atoms with Crippen molar-refractivity contribution in [2.45, 2.75) is 39.2 Å². The first-order valence-electron chi connectivity index (χ1n) is 6.63. The van der Waals surface area contributed by atoms with Crippen molar-refractivity contribution in [1.29, 1.82) is 0 Å². The van der Waals surface area contributed by atoms with Crippen molar-refractivity contribution < 1.29 is 0 Å². The Hall–Kier alpha value is -1.28. The zero-order valence-corrected chi connectivity index (χ0v) is 10.7. The summed E-state index contributed by atoms with van der Waals surface area (Å²) in [5, 5.41) is 1.34. The average Bonchev–Trinajstić information content (AvgIpc) is 2.73. The highest BCUT2D eigenvalue weighted by Gasteiger charge is 2.02. The summed E-state index contributed by atoms with van der Waals surface area (Å²) in [6.07, 6.45) is 7.02. The second-order valence-electron chi connectivity index (χ2n) is 4.65. The van der Waals surface area contributed by atoms with Crippen molar-refractivity contribution in [3.05, 3.63) is 36.0 Å². The monoisotopic (exact) mass is 230 g/mol. The Balaban J connectivity index is 2.20. The van der Waals surface area contributed by atoms with E-state index in [4.69, 9.17) is 5.73 Å². The Kier molecular flexibility index (Phi) is 4.21. The fraction of sp³-hybridized carbons (Fsp3) is 0.467. The zero-order chi connectivity index (χ0) is 12.1. The number of rotatable bonds is 6. The van der Waals surface area contributed by atoms with Gasteiger partial charge in [0.2, 0.25) is 0 Å². The number of fused-ring (bicyclic) bond motifs is 1. The van der Waals surface area contributed by atoms with Gasteiger partial charge in [-0.05, 0) is 42.5 Å². The lowest BCUT2D eigenvalue weighted by atomic mass is 10.1. The van der Waals surface area contributed by atoms with Crippen LogP contribution < -0.4 is 5.73 Å². The summed E-state index contributed by atoms with van der Waals surface area (Å²) < 4.78 is 2.37. The van der Waals surface area contributed by atoms with E-state index in [1.807, 2.05) is 0 Å². The molecule has 0 saturated heterocycles. The topological polar surface area (TPSA) is 30.9 Å². The van der Waals surface area contributed by atoms with Crippen LogP contribution in [0.4, 0.5) is 0 Å². The third-order valence-electron chi connectivity index (χ3n) is 3.27. The smallest absolute Gasteiger partial charge is 0.0483 e. The number of unbranched alkanes of at least 4 members (excludes halogenated alkanes) is 2. The number of nitrogens with two attached hydrogens (primary N) is 1. The molecule has 2 nitrogen and oxygen atoms in total. The molecular weight excluding hydrogens is 208 g/mol. The minimum Gasteiger partial charge on any atom is -0.347 e. The molecule has 0 aliphatic heterocycles. The second kappa shape index (κ2) is 5.87. The van der Waals surface area contributed by atoms with E-state index in [1.165, 1.54) is 35.7 Å². The van der Waals surface area contributed by atoms with Crippen LogP contribution in [-0.4, -0.2) is 11.1 Å². The molecule has 2 N–H and O–H groups in total. The van der Waals surface area contributed by atoms with E-state index in [1.54, 1.807) is 0 Å². The van der Waals surface area contributed by atoms with Crippen molar-refractivity contribution in [2.75, 3.05) is 6.54 Å². The van der Waals surface area contributed by atoms with Crippen LogP contribution in [-0.2, 0) is 13.0 Å². The molecule has 0 radical (unpaired) electrons. The predicted molar refractivity (Wildman–Crippen MR) is 74.2 cm³/mol. The van der Waals surface area contributed by atoms with Crippen molar-refractivity contribution in [3.63, 3.8) is 0 Å². The fourth-order valence-electron chi connectivity index (χ4n) is 2.28. The average molecular weight is 230 g/mol. The highest BCUT2D eigenvalue weighted by atomic mass is 14.9. The Morgan fingerprint density at radius 3 is 2.82 bits per heavy atom. The van der Waals surface area contributed by atoms with Gasteiger partial charge in [0.25, 0.3) is 0 Å². The molecule has 0 bridgehead atoms. The molecule has 2 aromatic rings. The first kappa shape index (κ1) is 12.2. The van der Waals surface area contributed by atoms with E-state index < -0.39 is 0 Å². The van der Waals surface area contributed by atoms with Gasteiger partial charge in [0.15, 0.2) is 0 Å². The molecule has 0 aliphatic carbocycles. The van der Waals surface area contributed by atoms with Crippen LogP contribution in [0.5, 0.6) is 0 Å². The zero-order valence-electron chi connectivity index (χ0n) is 10.7. The van der Waals surface area contributed by atoms with E-state index in [0.717, 1.165) is 19.5 Å². The molecule has 0 saturated carbocycles. The molecule has 1 aromatic heterocycles. The Labute approximate surface area is 103 Å². The number of hydrogen-bond donors (Lipinski definition) is 1. The number of aryl methyl sites for hydroxylation is 1. The molecule has 0 atom stereocenters. The highest BCUT2D eigenvalue weighted by Crippen LogP contribution is 2.18. The van der Waals surface area contributed by atoms with Gasteiger partial charge in [-0.15, -0.1) is 0 Å². The molecule has 0 amide bonds. The maximum atomic E-state index is 5.61. The third kappa shape index (κ3) is 2.89. The summed E-state index contributed by atoms with van der Waals surface area (Å²) in [7, 11) is 0. The quantitative estimate of drug-likeness (QED) is 0.758. The minimum atomic E-state index is 0.724. The van der Waals surface area contributed by atoms with Gasteiger partial charge in [0.05, 0.1) is 0 Å². The van der Waals surface area contributed by atoms with Crippen molar-refractivity contribution in [2.24, 2.45) is 5.73 Å². The van der Waals surface area contributed by atoms with Crippen LogP contribution >= 0.6 is 0 Å². The minimum absolute atomic E-state index is 0.724. The molecule has 0 aliphatic rings. The molecule has 2 heteroatoms. The summed E-state index contributed by atoms with van der Waals surface area (Å²) in [6.45, 7) is 4.10. The lowest BCUT2D eigenvalue weighted by Gasteiger charge is -2.06. The van der Waals surface area contributed by atoms with Crippen LogP contribution in [0.15, 0.2) is 30.5 Å². The molecule has 0 fully saturated rings. The molecule has 17 heavy (non-hydrogen) atoms. The van der Waals surface area contributed by atoms with Crippen LogP contribution in [0.3, 0.4) is 0 Å². The third-order valence-corrected chi connectivity index (χ3v) is 3.27. The van der Waals surface area contributed by atoms with E-state index in [2.05, 4.69) is 42.0 Å². The summed E-state index contributed by atoms with van der Waals surface area (Å²) in [6, 6.07) is 8.88. The predicted octanol–water partition coefficient (Wildman–Crippen LogP) is 3.33. The Morgan fingerprint density at radius 1 is 1.18 bits per heavy atom. The van der Waals surface area contributed by atoms with E-state index in [0.29, 0.717) is 0 Å². The van der Waals surface area contributed by atoms with Crippen LogP contribution in [0.2, 0.25) is 0 Å². The van der Waals surface area contributed by atoms with Gasteiger partial charge in [-0.2, -0.15) is 0 Å². The number of hydrogen-bond acceptors (Lipinski definition) is 1. The van der Waals surface area contributed by atoms with Gasteiger partial charge >= 0.3 is 0 Å². The molecule has 0 spiro atoms. The molecule has 0 unspecified atom stereocenters. The highest BCUT2D eigenvalue weighted by molar-refractivity contribution is 5.80. The molecule has 2 rings (SSSR count). The number of aromatic nitrogens is 1. The molecule has 1 aromatic carbocycles. The van der Waals surface area contributed by atoms with Crippen LogP contribution in [0.25, 0.3) is 10.9 Å². The standard InChI is InChI=1S/C15H22N2/c1-2-3-4-10-17-11-8-14-6-5-13(7-9-16)12-15(14)17/h5-6,8,11-12H,2-4,7,9-10,16H2,1H3. The summed E-state index contributed by atoms with van der Waals surface area (Å²) in [4.78, 5) is 0. The lowest BCUT2D eigenvalue weighted by molar-refractivity contribution is 0.616. The van der Waals surface area contributed by atoms with Gasteiger partial charge in [0.1, 0.15) is 0 Å². The largest absolute Gasteiger partial charge is 0.347 e. The van der Waals surface area contributed by atoms with Crippen molar-refractivity contribution in [3.8, 4) is 0 Å². The van der Waals surface area contributed by atoms with E-state index in [-0.39, 0.29) is 0 Å². The lowest BCUT2D eigenvalue weighted by Crippen LogP contribution is -2.03. The summed E-state index contributed by atoms with van der Waals surface area (Å²) in [5.41, 5.74) is 8.31. The van der Waals surface area contributed by atoms with Crippen molar-refractivity contribution in [1.82, 2.24) is 4.57 Å². The Bertz CT molecular complexity index is 471. The normalized spacial score (nSPS) is 11.2. The fourth-order valence-corrected chi connectivity index (χ4v) is 2.28. The number of nitrogens with zero attached hydrogens (tertiary/aromatic N) is 1. The Morgan fingerprint density at radius 2 is 2.06 bits per heavy atom. The van der Waals surface area contributed by atoms with Gasteiger partial charge in [-0.3, -0.25) is 0 Å². The number of benzene rings is 1. The molecule has 1 heterocycles. The molecular formula is C15H22N2. The van der Waals surface area contributed by atoms with Crippen molar-refractivity contribution >= 4 is 10.9 Å². The van der Waals surface area contributed by atoms with Gasteiger partial charge < -0.3 is 10.3 Å². The summed E-state index contributed by atoms with van der Waals surface area (Å²) in [5.74, 6) is 0. The van der Waals surface area contributed by atoms with Gasteiger partial charge in [-0.25, -0.2) is 0 Å². The van der Waals surface area contributed by atoms with Gasteiger partial charge in [0, 0.05) is 18.3 Å². The van der Waals surface area contributed by atoms with E-state index in [9.17, 15) is 0 Å². The molecule has 92 valence electrons.